The zero-order valence-electron chi connectivity index (χ0n) is 13.9. The number of pyridine rings is 1. The van der Waals surface area contributed by atoms with Gasteiger partial charge in [0, 0.05) is 36.7 Å². The van der Waals surface area contributed by atoms with Crippen molar-refractivity contribution in [3.63, 3.8) is 0 Å². The Morgan fingerprint density at radius 3 is 2.63 bits per heavy atom. The molecule has 3 heterocycles. The van der Waals surface area contributed by atoms with Gasteiger partial charge < -0.3 is 9.72 Å². The van der Waals surface area contributed by atoms with Gasteiger partial charge in [-0.05, 0) is 29.8 Å². The molecule has 27 heavy (non-hydrogen) atoms. The highest BCUT2D eigenvalue weighted by Crippen LogP contribution is 2.22. The summed E-state index contributed by atoms with van der Waals surface area (Å²) in [5, 5.41) is 4.45. The van der Waals surface area contributed by atoms with Crippen LogP contribution in [0.5, 0.6) is 0 Å². The van der Waals surface area contributed by atoms with Crippen molar-refractivity contribution in [3.05, 3.63) is 77.7 Å². The number of fused-ring (bicyclic) bond motifs is 1. The van der Waals surface area contributed by atoms with Crippen LogP contribution in [-0.2, 0) is 16.4 Å². The number of nitrogens with one attached hydrogen (secondary N) is 1. The summed E-state index contributed by atoms with van der Waals surface area (Å²) in [5.41, 5.74) is 2.08. The summed E-state index contributed by atoms with van der Waals surface area (Å²) >= 11 is 1.08. The molecule has 0 atom stereocenters. The number of carbonyl (C=O) groups excluding carboxylic acids is 1. The first-order valence-corrected chi connectivity index (χ1v) is 10.3. The lowest BCUT2D eigenvalue weighted by molar-refractivity contribution is 0.0950. The SMILES string of the molecule is O=C(NCc1ccc(S(=O)(=O)c2nccs2)cc1)c1ccc2nccn2c1. The predicted octanol–water partition coefficient (Wildman–Crippen LogP) is 2.55. The van der Waals surface area contributed by atoms with E-state index < -0.39 is 9.84 Å². The molecule has 0 fully saturated rings. The molecule has 0 bridgehead atoms. The molecule has 0 saturated carbocycles. The van der Waals surface area contributed by atoms with E-state index in [1.807, 2.05) is 0 Å². The van der Waals surface area contributed by atoms with Gasteiger partial charge in [0.05, 0.1) is 10.5 Å². The van der Waals surface area contributed by atoms with E-state index in [1.54, 1.807) is 52.6 Å². The molecule has 136 valence electrons. The molecule has 0 aliphatic rings. The molecule has 9 heteroatoms. The maximum Gasteiger partial charge on any atom is 0.253 e. The van der Waals surface area contributed by atoms with Crippen molar-refractivity contribution in [2.45, 2.75) is 15.8 Å². The van der Waals surface area contributed by atoms with Crippen molar-refractivity contribution < 1.29 is 13.2 Å². The Balaban J connectivity index is 1.45. The first kappa shape index (κ1) is 17.4. The third kappa shape index (κ3) is 3.46. The van der Waals surface area contributed by atoms with E-state index in [1.165, 1.54) is 18.3 Å². The van der Waals surface area contributed by atoms with Crippen LogP contribution in [0.1, 0.15) is 15.9 Å². The highest BCUT2D eigenvalue weighted by molar-refractivity contribution is 7.93. The van der Waals surface area contributed by atoms with Gasteiger partial charge in [0.25, 0.3) is 5.91 Å². The van der Waals surface area contributed by atoms with Crippen LogP contribution in [0.2, 0.25) is 0 Å². The number of amides is 1. The van der Waals surface area contributed by atoms with Crippen LogP contribution >= 0.6 is 11.3 Å². The third-order valence-corrected chi connectivity index (χ3v) is 6.95. The van der Waals surface area contributed by atoms with Crippen LogP contribution in [0.4, 0.5) is 0 Å². The number of hydrogen-bond acceptors (Lipinski definition) is 6. The summed E-state index contributed by atoms with van der Waals surface area (Å²) in [5.74, 6) is -0.218. The molecule has 1 N–H and O–H groups in total. The predicted molar refractivity (Wildman–Crippen MR) is 100 cm³/mol. The van der Waals surface area contributed by atoms with Gasteiger partial charge in [0.15, 0.2) is 0 Å². The molecular weight excluding hydrogens is 384 g/mol. The topological polar surface area (TPSA) is 93.4 Å². The summed E-state index contributed by atoms with van der Waals surface area (Å²) < 4.78 is 26.7. The van der Waals surface area contributed by atoms with Gasteiger partial charge in [0.2, 0.25) is 14.2 Å². The van der Waals surface area contributed by atoms with E-state index in [9.17, 15) is 13.2 Å². The number of imidazole rings is 1. The fraction of sp³-hybridized carbons (Fsp3) is 0.0556. The molecule has 0 unspecified atom stereocenters. The molecule has 0 aliphatic carbocycles. The lowest BCUT2D eigenvalue weighted by Crippen LogP contribution is -2.23. The summed E-state index contributed by atoms with van der Waals surface area (Å²) in [6.07, 6.45) is 6.61. The molecule has 1 aromatic carbocycles. The van der Waals surface area contributed by atoms with Crippen molar-refractivity contribution in [1.82, 2.24) is 19.7 Å². The minimum Gasteiger partial charge on any atom is -0.348 e. The molecule has 3 aromatic heterocycles. The van der Waals surface area contributed by atoms with Crippen molar-refractivity contribution in [1.29, 1.82) is 0 Å². The molecule has 7 nitrogen and oxygen atoms in total. The number of hydrogen-bond donors (Lipinski definition) is 1. The van der Waals surface area contributed by atoms with Gasteiger partial charge in [-0.1, -0.05) is 12.1 Å². The number of nitrogens with zero attached hydrogens (tertiary/aromatic N) is 3. The van der Waals surface area contributed by atoms with Gasteiger partial charge >= 0.3 is 0 Å². The number of thiazole rings is 1. The van der Waals surface area contributed by atoms with Crippen molar-refractivity contribution >= 4 is 32.7 Å². The number of aromatic nitrogens is 3. The van der Waals surface area contributed by atoms with Gasteiger partial charge in [-0.3, -0.25) is 4.79 Å². The third-order valence-electron chi connectivity index (χ3n) is 3.98. The maximum absolute atomic E-state index is 12.4. The van der Waals surface area contributed by atoms with Crippen LogP contribution in [0, 0.1) is 0 Å². The fourth-order valence-corrected chi connectivity index (χ4v) is 4.79. The Hall–Kier alpha value is -3.04. The largest absolute Gasteiger partial charge is 0.348 e. The van der Waals surface area contributed by atoms with Crippen molar-refractivity contribution in [3.8, 4) is 0 Å². The van der Waals surface area contributed by atoms with E-state index in [4.69, 9.17) is 0 Å². The van der Waals surface area contributed by atoms with E-state index in [2.05, 4.69) is 15.3 Å². The zero-order valence-corrected chi connectivity index (χ0v) is 15.6. The average Bonchev–Trinajstić information content (AvgIpc) is 3.37. The van der Waals surface area contributed by atoms with Crippen LogP contribution in [0.15, 0.2) is 75.8 Å². The van der Waals surface area contributed by atoms with E-state index in [0.29, 0.717) is 12.1 Å². The molecule has 0 aliphatic heterocycles. The summed E-state index contributed by atoms with van der Waals surface area (Å²) in [6.45, 7) is 0.290. The normalized spacial score (nSPS) is 11.6. The molecule has 0 radical (unpaired) electrons. The Morgan fingerprint density at radius 2 is 1.89 bits per heavy atom. The number of benzene rings is 1. The Labute approximate surface area is 159 Å². The minimum atomic E-state index is -3.59. The molecule has 4 rings (SSSR count). The second-order valence-electron chi connectivity index (χ2n) is 5.74. The molecule has 4 aromatic rings. The smallest absolute Gasteiger partial charge is 0.253 e. The van der Waals surface area contributed by atoms with Crippen LogP contribution in [0.3, 0.4) is 0 Å². The average molecular weight is 398 g/mol. The van der Waals surface area contributed by atoms with Crippen molar-refractivity contribution in [2.75, 3.05) is 0 Å². The molecular formula is C18H14N4O3S2. The highest BCUT2D eigenvalue weighted by atomic mass is 32.2. The van der Waals surface area contributed by atoms with Gasteiger partial charge in [-0.15, -0.1) is 11.3 Å². The zero-order chi connectivity index (χ0) is 18.9. The van der Waals surface area contributed by atoms with Crippen LogP contribution in [0.25, 0.3) is 5.65 Å². The molecule has 0 spiro atoms. The first-order chi connectivity index (χ1) is 13.0. The first-order valence-electron chi connectivity index (χ1n) is 7.98. The van der Waals surface area contributed by atoms with Crippen LogP contribution < -0.4 is 5.32 Å². The monoisotopic (exact) mass is 398 g/mol. The number of sulfone groups is 1. The second-order valence-corrected chi connectivity index (χ2v) is 8.76. The quantitative estimate of drug-likeness (QED) is 0.558. The standard InChI is InChI=1S/C18H14N4O3S2/c23-17(14-3-6-16-19-7-9-22(16)12-14)21-11-13-1-4-15(5-2-13)27(24,25)18-20-8-10-26-18/h1-10,12H,11H2,(H,21,23). The second kappa shape index (κ2) is 6.93. The van der Waals surface area contributed by atoms with Crippen LogP contribution in [-0.4, -0.2) is 28.7 Å². The number of carbonyl (C=O) groups is 1. The summed E-state index contributed by atoms with van der Waals surface area (Å²) in [6, 6.07) is 9.89. The van der Waals surface area contributed by atoms with E-state index in [-0.39, 0.29) is 15.1 Å². The Kier molecular flexibility index (Phi) is 4.46. The summed E-state index contributed by atoms with van der Waals surface area (Å²) in [4.78, 5) is 20.5. The van der Waals surface area contributed by atoms with E-state index in [0.717, 1.165) is 22.5 Å². The highest BCUT2D eigenvalue weighted by Gasteiger charge is 2.20. The van der Waals surface area contributed by atoms with Gasteiger partial charge in [-0.2, -0.15) is 0 Å². The van der Waals surface area contributed by atoms with Gasteiger partial charge in [-0.25, -0.2) is 18.4 Å². The lowest BCUT2D eigenvalue weighted by atomic mass is 10.2. The van der Waals surface area contributed by atoms with Crippen molar-refractivity contribution in [2.24, 2.45) is 0 Å². The minimum absolute atomic E-state index is 0.0680. The molecule has 0 saturated heterocycles. The van der Waals surface area contributed by atoms with Gasteiger partial charge in [0.1, 0.15) is 5.65 Å². The Bertz CT molecular complexity index is 1200. The molecule has 1 amide bonds. The summed E-state index contributed by atoms with van der Waals surface area (Å²) in [7, 11) is -3.59. The van der Waals surface area contributed by atoms with E-state index >= 15 is 0 Å². The number of rotatable bonds is 5. The Morgan fingerprint density at radius 1 is 1.07 bits per heavy atom. The maximum atomic E-state index is 12.4. The lowest BCUT2D eigenvalue weighted by Gasteiger charge is -2.07. The fourth-order valence-electron chi connectivity index (χ4n) is 2.57.